The van der Waals surface area contributed by atoms with E-state index < -0.39 is 15.9 Å². The molecule has 0 aromatic heterocycles. The maximum atomic E-state index is 13.0. The van der Waals surface area contributed by atoms with E-state index in [2.05, 4.69) is 10.0 Å². The number of carbonyl (C=O) groups excluding carboxylic acids is 2. The Labute approximate surface area is 182 Å². The van der Waals surface area contributed by atoms with Gasteiger partial charge in [-0.1, -0.05) is 18.2 Å². The van der Waals surface area contributed by atoms with E-state index in [1.165, 1.54) is 13.2 Å². The third kappa shape index (κ3) is 5.55. The molecule has 2 amide bonds. The quantitative estimate of drug-likeness (QED) is 0.650. The Morgan fingerprint density at radius 3 is 2.52 bits per heavy atom. The number of methoxy groups -OCH3 is 1. The van der Waals surface area contributed by atoms with Gasteiger partial charge in [0.15, 0.2) is 0 Å². The van der Waals surface area contributed by atoms with Gasteiger partial charge in [-0.15, -0.1) is 0 Å². The van der Waals surface area contributed by atoms with Crippen LogP contribution in [0.15, 0.2) is 47.4 Å². The summed E-state index contributed by atoms with van der Waals surface area (Å²) < 4.78 is 33.6. The molecule has 9 heteroatoms. The number of amides is 2. The van der Waals surface area contributed by atoms with E-state index >= 15 is 0 Å². The van der Waals surface area contributed by atoms with Crippen LogP contribution in [0.4, 0.5) is 5.69 Å². The Bertz CT molecular complexity index is 1060. The summed E-state index contributed by atoms with van der Waals surface area (Å²) in [5.41, 5.74) is 1.02. The number of nitrogens with one attached hydrogen (secondary N) is 2. The molecular formula is C22H27N3O5S. The molecule has 166 valence electrons. The number of aryl methyl sites for hydroxylation is 1. The molecule has 0 aliphatic carbocycles. The van der Waals surface area contributed by atoms with E-state index in [4.69, 9.17) is 4.74 Å². The molecule has 1 aliphatic heterocycles. The van der Waals surface area contributed by atoms with Crippen LogP contribution < -0.4 is 14.8 Å². The van der Waals surface area contributed by atoms with E-state index in [1.807, 2.05) is 0 Å². The largest absolute Gasteiger partial charge is 0.495 e. The molecule has 3 rings (SSSR count). The summed E-state index contributed by atoms with van der Waals surface area (Å²) in [7, 11) is -2.49. The van der Waals surface area contributed by atoms with Crippen LogP contribution in [-0.4, -0.2) is 51.9 Å². The Hall–Kier alpha value is -3.07. The van der Waals surface area contributed by atoms with Gasteiger partial charge in [0.25, 0.3) is 15.9 Å². The lowest BCUT2D eigenvalue weighted by Gasteiger charge is -2.15. The first kappa shape index (κ1) is 22.6. The average molecular weight is 446 g/mol. The molecule has 31 heavy (non-hydrogen) atoms. The normalized spacial score (nSPS) is 13.7. The van der Waals surface area contributed by atoms with Crippen molar-refractivity contribution < 1.29 is 22.7 Å². The molecule has 0 atom stereocenters. The van der Waals surface area contributed by atoms with Crippen LogP contribution in [0.3, 0.4) is 0 Å². The van der Waals surface area contributed by atoms with Gasteiger partial charge in [-0.2, -0.15) is 0 Å². The first-order valence-corrected chi connectivity index (χ1v) is 11.6. The second-order valence-electron chi connectivity index (χ2n) is 7.38. The monoisotopic (exact) mass is 445 g/mol. The number of rotatable bonds is 8. The average Bonchev–Trinajstić information content (AvgIpc) is 3.29. The molecule has 2 aromatic carbocycles. The number of hydrogen-bond donors (Lipinski definition) is 2. The predicted octanol–water partition coefficient (Wildman–Crippen LogP) is 2.55. The first-order valence-electron chi connectivity index (χ1n) is 10.1. The van der Waals surface area contributed by atoms with E-state index in [9.17, 15) is 18.0 Å². The minimum Gasteiger partial charge on any atom is -0.495 e. The summed E-state index contributed by atoms with van der Waals surface area (Å²) in [6, 6.07) is 11.2. The van der Waals surface area contributed by atoms with Gasteiger partial charge in [0, 0.05) is 31.6 Å². The van der Waals surface area contributed by atoms with Crippen LogP contribution >= 0.6 is 0 Å². The topological polar surface area (TPSA) is 105 Å². The van der Waals surface area contributed by atoms with Gasteiger partial charge in [0.1, 0.15) is 5.75 Å². The maximum absolute atomic E-state index is 13.0. The number of benzene rings is 2. The van der Waals surface area contributed by atoms with Gasteiger partial charge in [0.05, 0.1) is 17.7 Å². The highest BCUT2D eigenvalue weighted by Crippen LogP contribution is 2.27. The summed E-state index contributed by atoms with van der Waals surface area (Å²) >= 11 is 0. The van der Waals surface area contributed by atoms with Crippen molar-refractivity contribution in [2.24, 2.45) is 0 Å². The standard InChI is InChI=1S/C22H27N3O5S/c1-16-9-10-17(22(27)23-12-11-21(26)25-13-5-6-14-25)15-20(16)31(28,29)24-18-7-3-4-8-19(18)30-2/h3-4,7-10,15,24H,5-6,11-14H2,1-2H3,(H,23,27). The van der Waals surface area contributed by atoms with Gasteiger partial charge >= 0.3 is 0 Å². The van der Waals surface area contributed by atoms with Crippen LogP contribution in [0.2, 0.25) is 0 Å². The van der Waals surface area contributed by atoms with Gasteiger partial charge in [-0.05, 0) is 49.6 Å². The zero-order valence-electron chi connectivity index (χ0n) is 17.7. The van der Waals surface area contributed by atoms with Crippen LogP contribution in [0, 0.1) is 6.92 Å². The third-order valence-corrected chi connectivity index (χ3v) is 6.68. The van der Waals surface area contributed by atoms with Crippen molar-refractivity contribution in [3.8, 4) is 5.75 Å². The van der Waals surface area contributed by atoms with Crippen molar-refractivity contribution in [2.45, 2.75) is 31.1 Å². The van der Waals surface area contributed by atoms with Crippen molar-refractivity contribution in [1.82, 2.24) is 10.2 Å². The van der Waals surface area contributed by atoms with E-state index in [0.717, 1.165) is 25.9 Å². The Kier molecular flexibility index (Phi) is 7.17. The number of carbonyl (C=O) groups is 2. The number of likely N-dealkylation sites (tertiary alicyclic amines) is 1. The fraction of sp³-hybridized carbons (Fsp3) is 0.364. The minimum atomic E-state index is -3.95. The molecule has 8 nitrogen and oxygen atoms in total. The lowest BCUT2D eigenvalue weighted by Crippen LogP contribution is -2.32. The van der Waals surface area contributed by atoms with Gasteiger partial charge in [0.2, 0.25) is 5.91 Å². The molecule has 1 aliphatic rings. The zero-order chi connectivity index (χ0) is 22.4. The highest BCUT2D eigenvalue weighted by molar-refractivity contribution is 7.92. The number of hydrogen-bond acceptors (Lipinski definition) is 5. The SMILES string of the molecule is COc1ccccc1NS(=O)(=O)c1cc(C(=O)NCCC(=O)N2CCCC2)ccc1C. The number of ether oxygens (including phenoxy) is 1. The van der Waals surface area contributed by atoms with Crippen LogP contribution in [0.5, 0.6) is 5.75 Å². The molecule has 0 bridgehead atoms. The molecule has 2 N–H and O–H groups in total. The molecule has 2 aromatic rings. The molecule has 1 heterocycles. The number of nitrogens with zero attached hydrogens (tertiary/aromatic N) is 1. The van der Waals surface area contributed by atoms with Crippen LogP contribution in [-0.2, 0) is 14.8 Å². The fourth-order valence-corrected chi connectivity index (χ4v) is 4.81. The summed E-state index contributed by atoms with van der Waals surface area (Å²) in [5, 5.41) is 2.70. The second kappa shape index (κ2) is 9.82. The first-order chi connectivity index (χ1) is 14.8. The molecule has 0 spiro atoms. The Balaban J connectivity index is 1.70. The second-order valence-corrected chi connectivity index (χ2v) is 9.03. The fourth-order valence-electron chi connectivity index (χ4n) is 3.47. The molecule has 0 unspecified atom stereocenters. The zero-order valence-corrected chi connectivity index (χ0v) is 18.5. The Morgan fingerprint density at radius 2 is 1.81 bits per heavy atom. The van der Waals surface area contributed by atoms with Gasteiger partial charge in [-0.3, -0.25) is 14.3 Å². The third-order valence-electron chi connectivity index (χ3n) is 5.17. The van der Waals surface area contributed by atoms with E-state index in [1.54, 1.807) is 48.2 Å². The molecule has 1 saturated heterocycles. The number of anilines is 1. The minimum absolute atomic E-state index is 0.000741. The summed E-state index contributed by atoms with van der Waals surface area (Å²) in [4.78, 5) is 26.4. The number of para-hydroxylation sites is 2. The lowest BCUT2D eigenvalue weighted by molar-refractivity contribution is -0.129. The summed E-state index contributed by atoms with van der Waals surface area (Å²) in [6.45, 7) is 3.40. The smallest absolute Gasteiger partial charge is 0.262 e. The van der Waals surface area contributed by atoms with E-state index in [0.29, 0.717) is 17.0 Å². The molecule has 1 fully saturated rings. The summed E-state index contributed by atoms with van der Waals surface area (Å²) in [6.07, 6.45) is 2.25. The van der Waals surface area contributed by atoms with Crippen LogP contribution in [0.1, 0.15) is 35.2 Å². The number of sulfonamides is 1. The van der Waals surface area contributed by atoms with Crippen molar-refractivity contribution in [1.29, 1.82) is 0 Å². The predicted molar refractivity (Wildman–Crippen MR) is 118 cm³/mol. The van der Waals surface area contributed by atoms with Crippen molar-refractivity contribution >= 4 is 27.5 Å². The molecular weight excluding hydrogens is 418 g/mol. The van der Waals surface area contributed by atoms with Gasteiger partial charge in [-0.25, -0.2) is 8.42 Å². The highest BCUT2D eigenvalue weighted by Gasteiger charge is 2.21. The Morgan fingerprint density at radius 1 is 1.10 bits per heavy atom. The summed E-state index contributed by atoms with van der Waals surface area (Å²) in [5.74, 6) is -0.0192. The van der Waals surface area contributed by atoms with Crippen molar-refractivity contribution in [2.75, 3.05) is 31.5 Å². The van der Waals surface area contributed by atoms with Crippen molar-refractivity contribution in [3.63, 3.8) is 0 Å². The van der Waals surface area contributed by atoms with Gasteiger partial charge < -0.3 is 15.0 Å². The molecule has 0 radical (unpaired) electrons. The highest BCUT2D eigenvalue weighted by atomic mass is 32.2. The maximum Gasteiger partial charge on any atom is 0.262 e. The van der Waals surface area contributed by atoms with E-state index in [-0.39, 0.29) is 29.3 Å². The van der Waals surface area contributed by atoms with Crippen LogP contribution in [0.25, 0.3) is 0 Å². The van der Waals surface area contributed by atoms with Crippen molar-refractivity contribution in [3.05, 3.63) is 53.6 Å². The lowest BCUT2D eigenvalue weighted by atomic mass is 10.1. The molecule has 0 saturated carbocycles.